The molecule has 3 rings (SSSR count). The Labute approximate surface area is 138 Å². The Kier molecular flexibility index (Phi) is 4.62. The van der Waals surface area contributed by atoms with Crippen molar-refractivity contribution in [2.45, 2.75) is 12.5 Å². The molecule has 0 saturated carbocycles. The molecule has 1 aliphatic rings. The molecule has 3 nitrogen and oxygen atoms in total. The van der Waals surface area contributed by atoms with Crippen LogP contribution in [0, 0.1) is 5.92 Å². The molecule has 1 heterocycles. The van der Waals surface area contributed by atoms with Gasteiger partial charge in [0.2, 0.25) is 0 Å². The Hall–Kier alpha value is -1.62. The fraction of sp³-hybridized carbons (Fsp3) is 0.235. The van der Waals surface area contributed by atoms with Crippen LogP contribution in [0.25, 0.3) is 10.4 Å². The molecule has 22 heavy (non-hydrogen) atoms. The highest BCUT2D eigenvalue weighted by Gasteiger charge is 2.21. The predicted octanol–water partition coefficient (Wildman–Crippen LogP) is 3.74. The van der Waals surface area contributed by atoms with Gasteiger partial charge in [0.25, 0.3) is 5.91 Å². The number of amides is 1. The Morgan fingerprint density at radius 3 is 2.68 bits per heavy atom. The van der Waals surface area contributed by atoms with Crippen LogP contribution >= 0.6 is 22.9 Å². The monoisotopic (exact) mass is 333 g/mol. The van der Waals surface area contributed by atoms with Gasteiger partial charge < -0.3 is 10.4 Å². The highest BCUT2D eigenvalue weighted by Crippen LogP contribution is 2.29. The van der Waals surface area contributed by atoms with Crippen LogP contribution in [0.5, 0.6) is 0 Å². The number of rotatable bonds is 4. The van der Waals surface area contributed by atoms with Gasteiger partial charge in [-0.1, -0.05) is 35.9 Å². The van der Waals surface area contributed by atoms with Gasteiger partial charge in [-0.15, -0.1) is 11.3 Å². The fourth-order valence-corrected chi connectivity index (χ4v) is 3.53. The molecule has 2 atom stereocenters. The van der Waals surface area contributed by atoms with Crippen LogP contribution in [0.15, 0.2) is 48.6 Å². The van der Waals surface area contributed by atoms with E-state index >= 15 is 0 Å². The molecule has 1 aromatic carbocycles. The molecule has 5 heteroatoms. The van der Waals surface area contributed by atoms with Crippen LogP contribution in [0.3, 0.4) is 0 Å². The van der Waals surface area contributed by atoms with Crippen LogP contribution in [0.4, 0.5) is 0 Å². The van der Waals surface area contributed by atoms with E-state index in [9.17, 15) is 4.79 Å². The minimum Gasteiger partial charge on any atom is -0.396 e. The highest BCUT2D eigenvalue weighted by molar-refractivity contribution is 7.17. The van der Waals surface area contributed by atoms with Crippen LogP contribution in [0.1, 0.15) is 16.1 Å². The summed E-state index contributed by atoms with van der Waals surface area (Å²) in [5, 5.41) is 12.8. The summed E-state index contributed by atoms with van der Waals surface area (Å²) in [6.07, 6.45) is 4.67. The average molecular weight is 334 g/mol. The van der Waals surface area contributed by atoms with E-state index in [1.165, 1.54) is 11.3 Å². The zero-order valence-corrected chi connectivity index (χ0v) is 13.4. The molecule has 1 aliphatic carbocycles. The van der Waals surface area contributed by atoms with E-state index in [0.717, 1.165) is 16.9 Å². The van der Waals surface area contributed by atoms with Crippen molar-refractivity contribution in [2.24, 2.45) is 5.92 Å². The Morgan fingerprint density at radius 2 is 2.00 bits per heavy atom. The van der Waals surface area contributed by atoms with Gasteiger partial charge in [-0.05, 0) is 36.2 Å². The van der Waals surface area contributed by atoms with Crippen molar-refractivity contribution in [3.8, 4) is 10.4 Å². The molecule has 0 saturated heterocycles. The molecule has 0 unspecified atom stereocenters. The second-order valence-corrected chi connectivity index (χ2v) is 6.83. The molecule has 2 aromatic rings. The second kappa shape index (κ2) is 6.65. The van der Waals surface area contributed by atoms with Gasteiger partial charge in [0, 0.05) is 28.5 Å². The summed E-state index contributed by atoms with van der Waals surface area (Å²) < 4.78 is 0. The van der Waals surface area contributed by atoms with Crippen LogP contribution in [-0.2, 0) is 0 Å². The quantitative estimate of drug-likeness (QED) is 0.837. The summed E-state index contributed by atoms with van der Waals surface area (Å²) in [7, 11) is 0. The van der Waals surface area contributed by atoms with Crippen molar-refractivity contribution in [3.63, 3.8) is 0 Å². The van der Waals surface area contributed by atoms with Gasteiger partial charge >= 0.3 is 0 Å². The summed E-state index contributed by atoms with van der Waals surface area (Å²) in [4.78, 5) is 14.0. The molecule has 1 amide bonds. The van der Waals surface area contributed by atoms with E-state index in [2.05, 4.69) is 5.32 Å². The number of aliphatic hydroxyl groups excluding tert-OH is 1. The largest absolute Gasteiger partial charge is 0.396 e. The maximum absolute atomic E-state index is 12.3. The molecular formula is C17H16ClNO2S. The number of thiophene rings is 1. The number of hydrogen-bond donors (Lipinski definition) is 2. The first kappa shape index (κ1) is 15.3. The van der Waals surface area contributed by atoms with Crippen molar-refractivity contribution in [2.75, 3.05) is 6.61 Å². The first-order valence-electron chi connectivity index (χ1n) is 7.11. The molecule has 2 N–H and O–H groups in total. The molecular weight excluding hydrogens is 318 g/mol. The maximum atomic E-state index is 12.3. The lowest BCUT2D eigenvalue weighted by molar-refractivity contribution is 0.0945. The third-order valence-electron chi connectivity index (χ3n) is 3.68. The second-order valence-electron chi connectivity index (χ2n) is 5.31. The van der Waals surface area contributed by atoms with Crippen LogP contribution in [0.2, 0.25) is 5.02 Å². The lowest BCUT2D eigenvalue weighted by Gasteiger charge is -2.11. The van der Waals surface area contributed by atoms with Gasteiger partial charge in [-0.2, -0.15) is 0 Å². The SMILES string of the molecule is O=C(N[C@@H]1C=C[C@H](CO)C1)c1ccc(-c2ccc(Cl)cc2)s1. The smallest absolute Gasteiger partial charge is 0.261 e. The number of hydrogen-bond acceptors (Lipinski definition) is 3. The van der Waals surface area contributed by atoms with Crippen molar-refractivity contribution < 1.29 is 9.90 Å². The fourth-order valence-electron chi connectivity index (χ4n) is 2.49. The molecule has 1 aromatic heterocycles. The number of benzene rings is 1. The van der Waals surface area contributed by atoms with Crippen molar-refractivity contribution in [1.82, 2.24) is 5.32 Å². The highest BCUT2D eigenvalue weighted by atomic mass is 35.5. The molecule has 114 valence electrons. The summed E-state index contributed by atoms with van der Waals surface area (Å²) in [5.41, 5.74) is 1.05. The van der Waals surface area contributed by atoms with E-state index in [-0.39, 0.29) is 24.5 Å². The first-order chi connectivity index (χ1) is 10.7. The van der Waals surface area contributed by atoms with E-state index < -0.39 is 0 Å². The molecule has 0 aliphatic heterocycles. The summed E-state index contributed by atoms with van der Waals surface area (Å²) >= 11 is 7.35. The predicted molar refractivity (Wildman–Crippen MR) is 90.4 cm³/mol. The number of nitrogens with one attached hydrogen (secondary N) is 1. The number of carbonyl (C=O) groups is 1. The summed E-state index contributed by atoms with van der Waals surface area (Å²) in [6, 6.07) is 11.4. The summed E-state index contributed by atoms with van der Waals surface area (Å²) in [6.45, 7) is 0.128. The normalized spacial score (nSPS) is 20.3. The molecule has 0 spiro atoms. The van der Waals surface area contributed by atoms with Crippen molar-refractivity contribution in [1.29, 1.82) is 0 Å². The zero-order valence-electron chi connectivity index (χ0n) is 11.8. The number of aliphatic hydroxyl groups is 1. The average Bonchev–Trinajstić information content (AvgIpc) is 3.17. The van der Waals surface area contributed by atoms with Gasteiger partial charge in [0.1, 0.15) is 0 Å². The Bertz CT molecular complexity index is 693. The lowest BCUT2D eigenvalue weighted by atomic mass is 10.1. The first-order valence-corrected chi connectivity index (χ1v) is 8.31. The maximum Gasteiger partial charge on any atom is 0.261 e. The molecule has 0 radical (unpaired) electrons. The van der Waals surface area contributed by atoms with Crippen LogP contribution in [-0.4, -0.2) is 23.7 Å². The molecule has 0 bridgehead atoms. The molecule has 0 fully saturated rings. The third-order valence-corrected chi connectivity index (χ3v) is 5.07. The number of halogens is 1. The lowest BCUT2D eigenvalue weighted by Crippen LogP contribution is -2.32. The van der Waals surface area contributed by atoms with E-state index in [1.54, 1.807) is 0 Å². The van der Waals surface area contributed by atoms with Gasteiger partial charge in [0.05, 0.1) is 4.88 Å². The topological polar surface area (TPSA) is 49.3 Å². The third kappa shape index (κ3) is 3.40. The van der Waals surface area contributed by atoms with E-state index in [0.29, 0.717) is 9.90 Å². The standard InChI is InChI=1S/C17H16ClNO2S/c18-13-4-2-12(3-5-13)15-7-8-16(22-15)17(21)19-14-6-1-11(9-14)10-20/h1-8,11,14,20H,9-10H2,(H,19,21)/t11-,14+/m0/s1. The van der Waals surface area contributed by atoms with E-state index in [1.807, 2.05) is 48.6 Å². The Morgan fingerprint density at radius 1 is 1.23 bits per heavy atom. The minimum absolute atomic E-state index is 0.00531. The number of carbonyl (C=O) groups excluding carboxylic acids is 1. The minimum atomic E-state index is -0.0709. The van der Waals surface area contributed by atoms with Crippen molar-refractivity contribution >= 4 is 28.8 Å². The zero-order chi connectivity index (χ0) is 15.5. The van der Waals surface area contributed by atoms with Gasteiger partial charge in [0.15, 0.2) is 0 Å². The van der Waals surface area contributed by atoms with Gasteiger partial charge in [-0.25, -0.2) is 0 Å². The summed E-state index contributed by atoms with van der Waals surface area (Å²) in [5.74, 6) is 0.0803. The van der Waals surface area contributed by atoms with Gasteiger partial charge in [-0.3, -0.25) is 4.79 Å². The van der Waals surface area contributed by atoms with E-state index in [4.69, 9.17) is 16.7 Å². The Balaban J connectivity index is 1.67. The van der Waals surface area contributed by atoms with Crippen LogP contribution < -0.4 is 5.32 Å². The van der Waals surface area contributed by atoms with Crippen molar-refractivity contribution in [3.05, 3.63) is 58.5 Å².